The summed E-state index contributed by atoms with van der Waals surface area (Å²) in [6, 6.07) is 0.655. The smallest absolute Gasteiger partial charge is 0.240 e. The van der Waals surface area contributed by atoms with E-state index in [0.717, 1.165) is 29.3 Å². The monoisotopic (exact) mass is 295 g/mol. The van der Waals surface area contributed by atoms with E-state index in [-0.39, 0.29) is 0 Å². The van der Waals surface area contributed by atoms with Gasteiger partial charge in [-0.25, -0.2) is 0 Å². The van der Waals surface area contributed by atoms with E-state index in [4.69, 9.17) is 4.52 Å². The maximum absolute atomic E-state index is 5.33. The fraction of sp³-hybridized carbons (Fsp3) is 0.867. The summed E-state index contributed by atoms with van der Waals surface area (Å²) in [6.45, 7) is 0.728. The minimum Gasteiger partial charge on any atom is -0.338 e. The zero-order chi connectivity index (χ0) is 13.6. The molecule has 0 atom stereocenters. The van der Waals surface area contributed by atoms with Crippen LogP contribution in [0.4, 0.5) is 0 Å². The molecule has 1 N–H and O–H groups in total. The molecule has 2 aliphatic carbocycles. The van der Waals surface area contributed by atoms with Gasteiger partial charge in [-0.3, -0.25) is 0 Å². The Bertz CT molecular complexity index is 398. The van der Waals surface area contributed by atoms with Crippen molar-refractivity contribution in [3.05, 3.63) is 11.7 Å². The molecule has 0 saturated heterocycles. The molecule has 4 nitrogen and oxygen atoms in total. The number of aromatic nitrogens is 2. The minimum atomic E-state index is 0.655. The average molecular weight is 295 g/mol. The van der Waals surface area contributed by atoms with Crippen LogP contribution >= 0.6 is 11.8 Å². The average Bonchev–Trinajstić information content (AvgIpc) is 3.16. The van der Waals surface area contributed by atoms with E-state index in [1.165, 1.54) is 57.8 Å². The highest BCUT2D eigenvalue weighted by atomic mass is 32.2. The first-order valence-electron chi connectivity index (χ1n) is 8.06. The van der Waals surface area contributed by atoms with Crippen molar-refractivity contribution in [2.45, 2.75) is 81.4 Å². The van der Waals surface area contributed by atoms with Gasteiger partial charge in [0, 0.05) is 11.3 Å². The number of hydrogen-bond acceptors (Lipinski definition) is 5. The van der Waals surface area contributed by atoms with Crippen LogP contribution in [0.15, 0.2) is 4.52 Å². The van der Waals surface area contributed by atoms with Crippen LogP contribution in [0.5, 0.6) is 0 Å². The van der Waals surface area contributed by atoms with Gasteiger partial charge in [-0.15, -0.1) is 0 Å². The maximum Gasteiger partial charge on any atom is 0.240 e. The summed E-state index contributed by atoms with van der Waals surface area (Å²) >= 11 is 2.00. The lowest BCUT2D eigenvalue weighted by Gasteiger charge is -2.19. The van der Waals surface area contributed by atoms with Crippen LogP contribution in [0.2, 0.25) is 0 Å². The molecule has 0 unspecified atom stereocenters. The Labute approximate surface area is 125 Å². The topological polar surface area (TPSA) is 51.0 Å². The predicted octanol–water partition coefficient (Wildman–Crippen LogP) is 3.67. The highest BCUT2D eigenvalue weighted by Crippen LogP contribution is 2.29. The minimum absolute atomic E-state index is 0.655. The molecule has 1 aromatic rings. The lowest BCUT2D eigenvalue weighted by Crippen LogP contribution is -2.25. The molecule has 0 amide bonds. The van der Waals surface area contributed by atoms with Gasteiger partial charge in [-0.05, 0) is 25.7 Å². The van der Waals surface area contributed by atoms with Gasteiger partial charge in [0.25, 0.3) is 0 Å². The molecular formula is C15H25N3OS. The molecule has 3 rings (SSSR count). The summed E-state index contributed by atoms with van der Waals surface area (Å²) in [7, 11) is 0. The fourth-order valence-corrected chi connectivity index (χ4v) is 4.38. The summed E-state index contributed by atoms with van der Waals surface area (Å²) < 4.78 is 5.33. The second-order valence-electron chi connectivity index (χ2n) is 6.04. The highest BCUT2D eigenvalue weighted by Gasteiger charge is 2.17. The van der Waals surface area contributed by atoms with Gasteiger partial charge in [0.1, 0.15) is 0 Å². The third-order valence-corrected chi connectivity index (χ3v) is 5.78. The van der Waals surface area contributed by atoms with E-state index in [9.17, 15) is 0 Å². The summed E-state index contributed by atoms with van der Waals surface area (Å²) in [6.07, 6.45) is 12.2. The van der Waals surface area contributed by atoms with Crippen molar-refractivity contribution in [2.24, 2.45) is 0 Å². The van der Waals surface area contributed by atoms with Crippen LogP contribution in [0.1, 0.15) is 69.5 Å². The Balaban J connectivity index is 1.39. The fourth-order valence-electron chi connectivity index (χ4n) is 3.21. The Morgan fingerprint density at radius 1 is 1.05 bits per heavy atom. The summed E-state index contributed by atoms with van der Waals surface area (Å²) in [5.74, 6) is 2.51. The van der Waals surface area contributed by atoms with E-state index >= 15 is 0 Å². The number of nitrogens with zero attached hydrogens (tertiary/aromatic N) is 2. The maximum atomic E-state index is 5.33. The SMILES string of the molecule is C1CCC(SCc2noc(CNC3CCCC3)n2)CC1. The Hall–Kier alpha value is -0.550. The van der Waals surface area contributed by atoms with Crippen molar-refractivity contribution in [3.8, 4) is 0 Å². The van der Waals surface area contributed by atoms with Crippen molar-refractivity contribution in [1.82, 2.24) is 15.5 Å². The molecule has 1 heterocycles. The van der Waals surface area contributed by atoms with Gasteiger partial charge in [0.05, 0.1) is 12.3 Å². The van der Waals surface area contributed by atoms with Gasteiger partial charge in [-0.1, -0.05) is 37.3 Å². The Kier molecular flexibility index (Phi) is 5.36. The molecule has 0 aromatic carbocycles. The number of hydrogen-bond donors (Lipinski definition) is 1. The molecule has 0 bridgehead atoms. The first kappa shape index (κ1) is 14.4. The third kappa shape index (κ3) is 4.22. The standard InChI is InChI=1S/C15H25N3OS/c1-2-8-13(9-3-1)20-11-14-17-15(19-18-14)10-16-12-6-4-5-7-12/h12-13,16H,1-11H2. The van der Waals surface area contributed by atoms with Gasteiger partial charge >= 0.3 is 0 Å². The molecule has 0 aliphatic heterocycles. The summed E-state index contributed by atoms with van der Waals surface area (Å²) in [5, 5.41) is 8.42. The molecule has 0 spiro atoms. The lowest BCUT2D eigenvalue weighted by molar-refractivity contribution is 0.354. The van der Waals surface area contributed by atoms with Crippen molar-refractivity contribution < 1.29 is 4.52 Å². The second kappa shape index (κ2) is 7.46. The first-order valence-corrected chi connectivity index (χ1v) is 9.11. The molecule has 2 aliphatic rings. The Morgan fingerprint density at radius 3 is 2.60 bits per heavy atom. The van der Waals surface area contributed by atoms with Gasteiger partial charge in [0.2, 0.25) is 5.89 Å². The zero-order valence-electron chi connectivity index (χ0n) is 12.1. The van der Waals surface area contributed by atoms with E-state index < -0.39 is 0 Å². The van der Waals surface area contributed by atoms with Crippen molar-refractivity contribution in [3.63, 3.8) is 0 Å². The number of thioether (sulfide) groups is 1. The largest absolute Gasteiger partial charge is 0.338 e. The predicted molar refractivity (Wildman–Crippen MR) is 81.6 cm³/mol. The molecule has 20 heavy (non-hydrogen) atoms. The molecule has 5 heteroatoms. The zero-order valence-corrected chi connectivity index (χ0v) is 13.0. The molecule has 2 fully saturated rings. The van der Waals surface area contributed by atoms with E-state index in [1.54, 1.807) is 0 Å². The van der Waals surface area contributed by atoms with Crippen molar-refractivity contribution in [2.75, 3.05) is 0 Å². The quantitative estimate of drug-likeness (QED) is 0.868. The number of nitrogens with one attached hydrogen (secondary N) is 1. The summed E-state index contributed by atoms with van der Waals surface area (Å²) in [4.78, 5) is 4.49. The van der Waals surface area contributed by atoms with E-state index in [0.29, 0.717) is 6.04 Å². The van der Waals surface area contributed by atoms with Gasteiger partial charge in [-0.2, -0.15) is 16.7 Å². The molecular weight excluding hydrogens is 270 g/mol. The number of rotatable bonds is 6. The van der Waals surface area contributed by atoms with Crippen LogP contribution in [0.25, 0.3) is 0 Å². The molecule has 0 radical (unpaired) electrons. The van der Waals surface area contributed by atoms with Crippen LogP contribution in [0.3, 0.4) is 0 Å². The normalized spacial score (nSPS) is 21.6. The van der Waals surface area contributed by atoms with E-state index in [1.807, 2.05) is 11.8 Å². The first-order chi connectivity index (χ1) is 9.90. The van der Waals surface area contributed by atoms with Crippen molar-refractivity contribution in [1.29, 1.82) is 0 Å². The van der Waals surface area contributed by atoms with Crippen LogP contribution in [-0.4, -0.2) is 21.4 Å². The van der Waals surface area contributed by atoms with Crippen LogP contribution in [0, 0.1) is 0 Å². The van der Waals surface area contributed by atoms with Gasteiger partial charge in [0.15, 0.2) is 5.82 Å². The molecule has 112 valence electrons. The Morgan fingerprint density at radius 2 is 1.80 bits per heavy atom. The van der Waals surface area contributed by atoms with Crippen molar-refractivity contribution >= 4 is 11.8 Å². The molecule has 1 aromatic heterocycles. The summed E-state index contributed by atoms with van der Waals surface area (Å²) in [5.41, 5.74) is 0. The van der Waals surface area contributed by atoms with Crippen LogP contribution < -0.4 is 5.32 Å². The highest BCUT2D eigenvalue weighted by molar-refractivity contribution is 7.99. The lowest BCUT2D eigenvalue weighted by atomic mass is 10.0. The van der Waals surface area contributed by atoms with Crippen LogP contribution in [-0.2, 0) is 12.3 Å². The van der Waals surface area contributed by atoms with Gasteiger partial charge < -0.3 is 9.84 Å². The molecule has 2 saturated carbocycles. The van der Waals surface area contributed by atoms with E-state index in [2.05, 4.69) is 15.5 Å². The second-order valence-corrected chi connectivity index (χ2v) is 7.33. The third-order valence-electron chi connectivity index (χ3n) is 4.41.